The van der Waals surface area contributed by atoms with Gasteiger partial charge in [0, 0.05) is 37.0 Å². The first-order chi connectivity index (χ1) is 10.2. The molecule has 0 saturated carbocycles. The predicted molar refractivity (Wildman–Crippen MR) is 80.6 cm³/mol. The van der Waals surface area contributed by atoms with Gasteiger partial charge in [-0.25, -0.2) is 0 Å². The number of nitrogens with one attached hydrogen (secondary N) is 1. The van der Waals surface area contributed by atoms with Crippen LogP contribution in [0.3, 0.4) is 0 Å². The van der Waals surface area contributed by atoms with Crippen molar-refractivity contribution in [2.45, 2.75) is 25.9 Å². The van der Waals surface area contributed by atoms with Crippen LogP contribution in [0.1, 0.15) is 35.7 Å². The zero-order chi connectivity index (χ0) is 15.1. The Labute approximate surface area is 125 Å². The van der Waals surface area contributed by atoms with Gasteiger partial charge in [-0.2, -0.15) is 0 Å². The lowest BCUT2D eigenvalue weighted by molar-refractivity contribution is 0.0826. The van der Waals surface area contributed by atoms with Gasteiger partial charge in [0.05, 0.1) is 18.2 Å². The summed E-state index contributed by atoms with van der Waals surface area (Å²) in [5.41, 5.74) is 6.55. The number of rotatable bonds is 4. The van der Waals surface area contributed by atoms with E-state index in [9.17, 15) is 4.79 Å². The number of hydrogen-bond donors (Lipinski definition) is 2. The standard InChI is InChI=1S/C16H21N3O2/c1-2-15-13(5-7-21-15)11-19-16(20)14-8-12(4-3-6-17)9-18-10-14/h8-10,13,15H,2,5-7,11,17H2,1H3,(H,19,20). The average molecular weight is 287 g/mol. The molecule has 1 fully saturated rings. The maximum Gasteiger partial charge on any atom is 0.252 e. The minimum Gasteiger partial charge on any atom is -0.378 e. The number of pyridine rings is 1. The minimum atomic E-state index is -0.124. The van der Waals surface area contributed by atoms with Crippen LogP contribution < -0.4 is 11.1 Å². The third-order valence-electron chi connectivity index (χ3n) is 3.61. The summed E-state index contributed by atoms with van der Waals surface area (Å²) in [6, 6.07) is 1.73. The van der Waals surface area contributed by atoms with Crippen molar-refractivity contribution in [1.82, 2.24) is 10.3 Å². The fourth-order valence-electron chi connectivity index (χ4n) is 2.49. The first kappa shape index (κ1) is 15.5. The fraction of sp³-hybridized carbons (Fsp3) is 0.500. The van der Waals surface area contributed by atoms with Crippen molar-refractivity contribution in [1.29, 1.82) is 0 Å². The van der Waals surface area contributed by atoms with E-state index in [0.29, 0.717) is 23.6 Å². The molecule has 1 saturated heterocycles. The van der Waals surface area contributed by atoms with Gasteiger partial charge in [-0.05, 0) is 18.9 Å². The smallest absolute Gasteiger partial charge is 0.252 e. The van der Waals surface area contributed by atoms with Gasteiger partial charge >= 0.3 is 0 Å². The molecule has 0 spiro atoms. The summed E-state index contributed by atoms with van der Waals surface area (Å²) in [4.78, 5) is 16.2. The van der Waals surface area contributed by atoms with Crippen molar-refractivity contribution in [3.8, 4) is 11.8 Å². The molecular formula is C16H21N3O2. The van der Waals surface area contributed by atoms with Crippen molar-refractivity contribution in [3.63, 3.8) is 0 Å². The molecular weight excluding hydrogens is 266 g/mol. The van der Waals surface area contributed by atoms with Crippen LogP contribution >= 0.6 is 0 Å². The number of nitrogens with zero attached hydrogens (tertiary/aromatic N) is 1. The minimum absolute atomic E-state index is 0.124. The van der Waals surface area contributed by atoms with E-state index in [2.05, 4.69) is 29.1 Å². The topological polar surface area (TPSA) is 77.2 Å². The fourth-order valence-corrected chi connectivity index (χ4v) is 2.49. The van der Waals surface area contributed by atoms with Gasteiger partial charge in [-0.15, -0.1) is 0 Å². The predicted octanol–water partition coefficient (Wildman–Crippen LogP) is 0.937. The monoisotopic (exact) mass is 287 g/mol. The van der Waals surface area contributed by atoms with Gasteiger partial charge < -0.3 is 15.8 Å². The van der Waals surface area contributed by atoms with Gasteiger partial charge in [-0.1, -0.05) is 18.8 Å². The highest BCUT2D eigenvalue weighted by Gasteiger charge is 2.26. The molecule has 5 nitrogen and oxygen atoms in total. The molecule has 0 aromatic carbocycles. The molecule has 5 heteroatoms. The number of amides is 1. The van der Waals surface area contributed by atoms with Crippen molar-refractivity contribution in [3.05, 3.63) is 29.6 Å². The van der Waals surface area contributed by atoms with E-state index in [-0.39, 0.29) is 18.6 Å². The maximum absolute atomic E-state index is 12.2. The number of aromatic nitrogens is 1. The normalized spacial score (nSPS) is 20.7. The Bertz CT molecular complexity index is 548. The van der Waals surface area contributed by atoms with Crippen LogP contribution in [-0.4, -0.2) is 36.7 Å². The molecule has 1 aliphatic rings. The summed E-state index contributed by atoms with van der Waals surface area (Å²) in [6.45, 7) is 3.81. The number of nitrogens with two attached hydrogens (primary N) is 1. The van der Waals surface area contributed by atoms with Crippen LogP contribution in [0.25, 0.3) is 0 Å². The largest absolute Gasteiger partial charge is 0.378 e. The third kappa shape index (κ3) is 4.28. The zero-order valence-corrected chi connectivity index (χ0v) is 12.3. The molecule has 1 aliphatic heterocycles. The zero-order valence-electron chi connectivity index (χ0n) is 12.3. The number of ether oxygens (including phenoxy) is 1. The highest BCUT2D eigenvalue weighted by molar-refractivity contribution is 5.94. The van der Waals surface area contributed by atoms with Crippen molar-refractivity contribution in [2.75, 3.05) is 19.7 Å². The molecule has 0 bridgehead atoms. The molecule has 1 aromatic rings. The lowest BCUT2D eigenvalue weighted by atomic mass is 9.99. The second-order valence-electron chi connectivity index (χ2n) is 5.04. The first-order valence-electron chi connectivity index (χ1n) is 7.28. The molecule has 3 N–H and O–H groups in total. The Hall–Kier alpha value is -1.90. The number of hydrogen-bond acceptors (Lipinski definition) is 4. The summed E-state index contributed by atoms with van der Waals surface area (Å²) in [5, 5.41) is 2.96. The molecule has 0 aliphatic carbocycles. The van der Waals surface area contributed by atoms with Crippen molar-refractivity contribution in [2.24, 2.45) is 11.7 Å². The van der Waals surface area contributed by atoms with Crippen LogP contribution in [-0.2, 0) is 4.74 Å². The summed E-state index contributed by atoms with van der Waals surface area (Å²) < 4.78 is 5.62. The summed E-state index contributed by atoms with van der Waals surface area (Å²) >= 11 is 0. The van der Waals surface area contributed by atoms with Crippen molar-refractivity contribution < 1.29 is 9.53 Å². The summed E-state index contributed by atoms with van der Waals surface area (Å²) in [7, 11) is 0. The van der Waals surface area contributed by atoms with Crippen LogP contribution in [0, 0.1) is 17.8 Å². The van der Waals surface area contributed by atoms with E-state index in [1.165, 1.54) is 0 Å². The van der Waals surface area contributed by atoms with Gasteiger partial charge in [0.1, 0.15) is 0 Å². The lowest BCUT2D eigenvalue weighted by Crippen LogP contribution is -2.32. The van der Waals surface area contributed by atoms with E-state index in [4.69, 9.17) is 10.5 Å². The molecule has 2 rings (SSSR count). The molecule has 112 valence electrons. The number of carbonyl (C=O) groups excluding carboxylic acids is 1. The Morgan fingerprint density at radius 1 is 1.57 bits per heavy atom. The summed E-state index contributed by atoms with van der Waals surface area (Å²) in [6.07, 6.45) is 5.40. The van der Waals surface area contributed by atoms with Gasteiger partial charge in [0.15, 0.2) is 0 Å². The van der Waals surface area contributed by atoms with Gasteiger partial charge in [-0.3, -0.25) is 9.78 Å². The molecule has 2 heterocycles. The molecule has 2 unspecified atom stereocenters. The Morgan fingerprint density at radius 3 is 3.19 bits per heavy atom. The second-order valence-corrected chi connectivity index (χ2v) is 5.04. The maximum atomic E-state index is 12.2. The Balaban J connectivity index is 1.94. The van der Waals surface area contributed by atoms with E-state index >= 15 is 0 Å². The highest BCUT2D eigenvalue weighted by Crippen LogP contribution is 2.22. The van der Waals surface area contributed by atoms with E-state index in [0.717, 1.165) is 19.4 Å². The third-order valence-corrected chi connectivity index (χ3v) is 3.61. The molecule has 1 amide bonds. The molecule has 21 heavy (non-hydrogen) atoms. The SMILES string of the molecule is CCC1OCCC1CNC(=O)c1cncc(C#CCN)c1. The van der Waals surface area contributed by atoms with E-state index in [1.807, 2.05) is 0 Å². The number of carbonyl (C=O) groups is 1. The molecule has 2 atom stereocenters. The lowest BCUT2D eigenvalue weighted by Gasteiger charge is -2.17. The average Bonchev–Trinajstić information content (AvgIpc) is 2.98. The second kappa shape index (κ2) is 7.77. The van der Waals surface area contributed by atoms with Crippen LogP contribution in [0.5, 0.6) is 0 Å². The van der Waals surface area contributed by atoms with E-state index in [1.54, 1.807) is 18.5 Å². The van der Waals surface area contributed by atoms with Crippen molar-refractivity contribution >= 4 is 5.91 Å². The van der Waals surface area contributed by atoms with E-state index < -0.39 is 0 Å². The van der Waals surface area contributed by atoms with Gasteiger partial charge in [0.25, 0.3) is 5.91 Å². The summed E-state index contributed by atoms with van der Waals surface area (Å²) in [5.74, 6) is 5.90. The molecule has 0 radical (unpaired) electrons. The Morgan fingerprint density at radius 2 is 2.43 bits per heavy atom. The first-order valence-corrected chi connectivity index (χ1v) is 7.28. The highest BCUT2D eigenvalue weighted by atomic mass is 16.5. The molecule has 1 aromatic heterocycles. The van der Waals surface area contributed by atoms with Gasteiger partial charge in [0.2, 0.25) is 0 Å². The quantitative estimate of drug-likeness (QED) is 0.808. The van der Waals surface area contributed by atoms with Crippen LogP contribution in [0.15, 0.2) is 18.5 Å². The van der Waals surface area contributed by atoms with Crippen LogP contribution in [0.4, 0.5) is 0 Å². The Kier molecular flexibility index (Phi) is 5.73. The van der Waals surface area contributed by atoms with Crippen LogP contribution in [0.2, 0.25) is 0 Å².